The summed E-state index contributed by atoms with van der Waals surface area (Å²) in [6.45, 7) is 2.00. The number of rotatable bonds is 7. The first-order valence-electron chi connectivity index (χ1n) is 12.0. The third-order valence-corrected chi connectivity index (χ3v) is 6.52. The molecule has 0 aromatic heterocycles. The Hall–Kier alpha value is -3.68. The lowest BCUT2D eigenvalue weighted by Crippen LogP contribution is -2.45. The number of amides is 1. The normalized spacial score (nSPS) is 18.0. The van der Waals surface area contributed by atoms with Gasteiger partial charge in [-0.25, -0.2) is 4.79 Å². The van der Waals surface area contributed by atoms with Crippen molar-refractivity contribution >= 4 is 17.7 Å². The maximum atomic E-state index is 13.7. The van der Waals surface area contributed by atoms with E-state index in [0.717, 1.165) is 0 Å². The van der Waals surface area contributed by atoms with Crippen LogP contribution in [0.4, 0.5) is 36.8 Å². The number of aliphatic hydroxyl groups excluding tert-OH is 1. The predicted octanol–water partition coefficient (Wildman–Crippen LogP) is 5.86. The maximum absolute atomic E-state index is 13.7. The van der Waals surface area contributed by atoms with Gasteiger partial charge in [0.1, 0.15) is 0 Å². The minimum atomic E-state index is -5.17. The number of benzene rings is 2. The zero-order chi connectivity index (χ0) is 30.0. The molecule has 0 spiro atoms. The van der Waals surface area contributed by atoms with Crippen LogP contribution >= 0.6 is 0 Å². The molecule has 40 heavy (non-hydrogen) atoms. The summed E-state index contributed by atoms with van der Waals surface area (Å²) >= 11 is 0. The zero-order valence-corrected chi connectivity index (χ0v) is 21.9. The largest absolute Gasteiger partial charge is 0.493 e. The smallest absolute Gasteiger partial charge is 0.416 e. The second-order valence-corrected chi connectivity index (χ2v) is 8.94. The first kappa shape index (κ1) is 30.9. The number of hydrogen-bond acceptors (Lipinski definition) is 7. The van der Waals surface area contributed by atoms with Crippen molar-refractivity contribution < 1.29 is 60.0 Å². The molecule has 2 aromatic carbocycles. The molecule has 8 nitrogen and oxygen atoms in total. The fourth-order valence-corrected chi connectivity index (χ4v) is 4.86. The Labute approximate surface area is 225 Å². The van der Waals surface area contributed by atoms with E-state index in [9.17, 15) is 41.0 Å². The lowest BCUT2D eigenvalue weighted by atomic mass is 9.74. The Bertz CT molecular complexity index is 1220. The number of esters is 1. The van der Waals surface area contributed by atoms with Crippen LogP contribution in [0.1, 0.15) is 54.4 Å². The van der Waals surface area contributed by atoms with Crippen LogP contribution in [0.2, 0.25) is 0 Å². The molecule has 0 saturated heterocycles. The van der Waals surface area contributed by atoms with Crippen molar-refractivity contribution in [3.8, 4) is 11.5 Å². The van der Waals surface area contributed by atoms with E-state index < -0.39 is 65.8 Å². The average Bonchev–Trinajstić information content (AvgIpc) is 2.87. The number of ether oxygens (including phenoxy) is 4. The molecule has 0 radical (unpaired) electrons. The van der Waals surface area contributed by atoms with Gasteiger partial charge in [-0.15, -0.1) is 0 Å². The average molecular weight is 579 g/mol. The van der Waals surface area contributed by atoms with E-state index >= 15 is 0 Å². The van der Waals surface area contributed by atoms with Crippen LogP contribution in [0.15, 0.2) is 30.3 Å². The fraction of sp³-hybridized carbons (Fsp3) is 0.462. The second kappa shape index (κ2) is 11.8. The van der Waals surface area contributed by atoms with Crippen LogP contribution in [0.25, 0.3) is 0 Å². The molecule has 220 valence electrons. The van der Waals surface area contributed by atoms with Gasteiger partial charge in [-0.1, -0.05) is 0 Å². The number of aliphatic hydroxyl groups is 1. The monoisotopic (exact) mass is 579 g/mol. The molecular formula is C26H27F6NO7. The molecule has 1 N–H and O–H groups in total. The summed E-state index contributed by atoms with van der Waals surface area (Å²) in [5, 5.41) is 9.26. The molecule has 0 fully saturated rings. The van der Waals surface area contributed by atoms with Crippen LogP contribution < -0.4 is 14.4 Å². The first-order chi connectivity index (χ1) is 18.7. The van der Waals surface area contributed by atoms with Crippen LogP contribution in [-0.4, -0.2) is 50.8 Å². The van der Waals surface area contributed by atoms with Crippen LogP contribution in [0, 0.1) is 0 Å². The highest BCUT2D eigenvalue weighted by Gasteiger charge is 2.45. The minimum absolute atomic E-state index is 0.0179. The van der Waals surface area contributed by atoms with Gasteiger partial charge in [-0.05, 0) is 55.7 Å². The summed E-state index contributed by atoms with van der Waals surface area (Å²) in [5.74, 6) is -3.86. The Morgan fingerprint density at radius 1 is 0.950 bits per heavy atom. The zero-order valence-electron chi connectivity index (χ0n) is 21.9. The van der Waals surface area contributed by atoms with Crippen molar-refractivity contribution in [2.45, 2.75) is 50.5 Å². The standard InChI is InChI=1S/C26H27F6NO7/c1-5-39-24(36)33-13(2)6-18(17-10-20(37-3)21(38-4)11-19(17)33)22(23(35)40-12-34)14-7-15(25(27,28)29)9-16(8-14)26(30,31)32/h7-11,13,18,22,34H,5-6,12H2,1-4H3/t13-,18+,22+/m1/s1. The maximum Gasteiger partial charge on any atom is 0.416 e. The highest BCUT2D eigenvalue weighted by Crippen LogP contribution is 2.51. The molecule has 3 rings (SSSR count). The van der Waals surface area contributed by atoms with Crippen LogP contribution in [-0.2, 0) is 26.6 Å². The summed E-state index contributed by atoms with van der Waals surface area (Å²) in [4.78, 5) is 27.3. The summed E-state index contributed by atoms with van der Waals surface area (Å²) in [6, 6.07) is 2.88. The molecule has 1 aliphatic heterocycles. The minimum Gasteiger partial charge on any atom is -0.493 e. The van der Waals surface area contributed by atoms with Gasteiger partial charge in [-0.3, -0.25) is 9.69 Å². The molecule has 1 heterocycles. The number of methoxy groups -OCH3 is 2. The number of carbonyl (C=O) groups excluding carboxylic acids is 2. The molecule has 0 bridgehead atoms. The van der Waals surface area contributed by atoms with Gasteiger partial charge < -0.3 is 24.1 Å². The molecular weight excluding hydrogens is 552 g/mol. The summed E-state index contributed by atoms with van der Waals surface area (Å²) in [6.07, 6.45) is -11.2. The lowest BCUT2D eigenvalue weighted by molar-refractivity contribution is -0.155. The van der Waals surface area contributed by atoms with Gasteiger partial charge in [0.05, 0.1) is 43.6 Å². The molecule has 14 heteroatoms. The number of halogens is 6. The topological polar surface area (TPSA) is 94.5 Å². The van der Waals surface area contributed by atoms with E-state index in [1.165, 1.54) is 31.3 Å². The molecule has 2 aromatic rings. The number of alkyl halides is 6. The summed E-state index contributed by atoms with van der Waals surface area (Å²) < 4.78 is 103. The number of hydrogen-bond donors (Lipinski definition) is 1. The molecule has 1 amide bonds. The summed E-state index contributed by atoms with van der Waals surface area (Å²) in [7, 11) is 2.62. The highest BCUT2D eigenvalue weighted by molar-refractivity contribution is 5.92. The van der Waals surface area contributed by atoms with Crippen LogP contribution in [0.5, 0.6) is 11.5 Å². The fourth-order valence-electron chi connectivity index (χ4n) is 4.86. The van der Waals surface area contributed by atoms with Crippen LogP contribution in [0.3, 0.4) is 0 Å². The SMILES string of the molecule is CCOC(=O)N1c2cc(OC)c(OC)cc2[C@@H]([C@@H](C(=O)OCO)c2cc(C(F)(F)F)cc(C(F)(F)F)c2)C[C@H]1C. The molecule has 3 atom stereocenters. The van der Waals surface area contributed by atoms with E-state index in [0.29, 0.717) is 12.1 Å². The Morgan fingerprint density at radius 2 is 1.50 bits per heavy atom. The Balaban J connectivity index is 2.35. The van der Waals surface area contributed by atoms with Crippen molar-refractivity contribution in [3.05, 3.63) is 52.6 Å². The lowest BCUT2D eigenvalue weighted by Gasteiger charge is -2.41. The summed E-state index contributed by atoms with van der Waals surface area (Å²) in [5.41, 5.74) is -3.56. The predicted molar refractivity (Wildman–Crippen MR) is 128 cm³/mol. The van der Waals surface area contributed by atoms with Crippen molar-refractivity contribution in [3.63, 3.8) is 0 Å². The van der Waals surface area contributed by atoms with Gasteiger partial charge in [0.15, 0.2) is 18.3 Å². The van der Waals surface area contributed by atoms with E-state index in [1.54, 1.807) is 13.8 Å². The van der Waals surface area contributed by atoms with Crippen molar-refractivity contribution in [1.82, 2.24) is 0 Å². The molecule has 1 aliphatic rings. The number of fused-ring (bicyclic) bond motifs is 1. The highest BCUT2D eigenvalue weighted by atomic mass is 19.4. The van der Waals surface area contributed by atoms with Crippen molar-refractivity contribution in [2.24, 2.45) is 0 Å². The molecule has 0 aliphatic carbocycles. The van der Waals surface area contributed by atoms with Gasteiger partial charge in [-0.2, -0.15) is 26.3 Å². The Kier molecular flexibility index (Phi) is 9.12. The molecule has 0 unspecified atom stereocenters. The van der Waals surface area contributed by atoms with E-state index in [1.807, 2.05) is 0 Å². The molecule has 0 saturated carbocycles. The first-order valence-corrected chi connectivity index (χ1v) is 12.0. The number of carbonyl (C=O) groups is 2. The van der Waals surface area contributed by atoms with Gasteiger partial charge >= 0.3 is 24.4 Å². The Morgan fingerprint density at radius 3 is 1.98 bits per heavy atom. The third-order valence-electron chi connectivity index (χ3n) is 6.52. The van der Waals surface area contributed by atoms with Crippen molar-refractivity contribution in [1.29, 1.82) is 0 Å². The van der Waals surface area contributed by atoms with Gasteiger partial charge in [0.25, 0.3) is 0 Å². The third kappa shape index (κ3) is 6.21. The van der Waals surface area contributed by atoms with E-state index in [2.05, 4.69) is 0 Å². The van der Waals surface area contributed by atoms with Crippen molar-refractivity contribution in [2.75, 3.05) is 32.5 Å². The number of nitrogens with zero attached hydrogens (tertiary/aromatic N) is 1. The number of anilines is 1. The van der Waals surface area contributed by atoms with Gasteiger partial charge in [0.2, 0.25) is 0 Å². The van der Waals surface area contributed by atoms with E-state index in [-0.39, 0.29) is 41.8 Å². The quantitative estimate of drug-likeness (QED) is 0.250. The second-order valence-electron chi connectivity index (χ2n) is 8.94. The van der Waals surface area contributed by atoms with E-state index in [4.69, 9.17) is 18.9 Å². The van der Waals surface area contributed by atoms with Gasteiger partial charge in [0, 0.05) is 18.0 Å².